The molecule has 0 aromatic heterocycles. The summed E-state index contributed by atoms with van der Waals surface area (Å²) in [6.07, 6.45) is 4.89. The number of morpholine rings is 1. The van der Waals surface area contributed by atoms with Crippen molar-refractivity contribution >= 4 is 15.7 Å². The van der Waals surface area contributed by atoms with E-state index in [4.69, 9.17) is 4.74 Å². The van der Waals surface area contributed by atoms with Crippen LogP contribution in [-0.2, 0) is 19.4 Å². The van der Waals surface area contributed by atoms with E-state index in [9.17, 15) is 13.2 Å². The molecular formula is C17H30N2O4S. The molecule has 2 heterocycles. The van der Waals surface area contributed by atoms with E-state index in [1.165, 1.54) is 0 Å². The predicted molar refractivity (Wildman–Crippen MR) is 92.6 cm³/mol. The van der Waals surface area contributed by atoms with Crippen molar-refractivity contribution in [2.24, 2.45) is 0 Å². The minimum absolute atomic E-state index is 0.0988. The van der Waals surface area contributed by atoms with Gasteiger partial charge in [-0.1, -0.05) is 12.8 Å². The summed E-state index contributed by atoms with van der Waals surface area (Å²) >= 11 is 0. The number of hydrogen-bond acceptors (Lipinski definition) is 5. The number of hydrogen-bond donors (Lipinski definition) is 0. The molecule has 2 aliphatic heterocycles. The van der Waals surface area contributed by atoms with Crippen LogP contribution in [0.1, 0.15) is 46.0 Å². The van der Waals surface area contributed by atoms with Crippen molar-refractivity contribution in [1.82, 2.24) is 9.80 Å². The van der Waals surface area contributed by atoms with Crippen molar-refractivity contribution in [2.75, 3.05) is 37.7 Å². The zero-order chi connectivity index (χ0) is 17.4. The third-order valence-corrected chi connectivity index (χ3v) is 7.22. The Morgan fingerprint density at radius 1 is 1.21 bits per heavy atom. The fourth-order valence-corrected chi connectivity index (χ4v) is 6.12. The van der Waals surface area contributed by atoms with Crippen LogP contribution in [0.15, 0.2) is 0 Å². The molecule has 3 rings (SSSR count). The number of nitrogens with zero attached hydrogens (tertiary/aromatic N) is 2. The lowest BCUT2D eigenvalue weighted by atomic mass is 10.1. The van der Waals surface area contributed by atoms with Crippen LogP contribution in [-0.4, -0.2) is 79.6 Å². The lowest BCUT2D eigenvalue weighted by Gasteiger charge is -2.40. The fraction of sp³-hybridized carbons (Fsp3) is 0.941. The van der Waals surface area contributed by atoms with Crippen LogP contribution in [0.3, 0.4) is 0 Å². The Balaban J connectivity index is 1.69. The maximum Gasteiger partial charge on any atom is 0.237 e. The van der Waals surface area contributed by atoms with Gasteiger partial charge in [-0.15, -0.1) is 0 Å². The molecule has 0 bridgehead atoms. The quantitative estimate of drug-likeness (QED) is 0.752. The van der Waals surface area contributed by atoms with Gasteiger partial charge in [0.15, 0.2) is 9.84 Å². The van der Waals surface area contributed by atoms with E-state index in [2.05, 4.69) is 4.90 Å². The maximum absolute atomic E-state index is 13.1. The average molecular weight is 359 g/mol. The SMILES string of the molecule is CC1(C)CN(CC(=O)N(C2CCCC2)C2CCS(=O)(=O)C2)CCO1. The zero-order valence-electron chi connectivity index (χ0n) is 14.9. The second-order valence-corrected chi connectivity index (χ2v) is 10.3. The first-order valence-corrected chi connectivity index (χ1v) is 11.0. The molecule has 0 spiro atoms. The molecular weight excluding hydrogens is 328 g/mol. The Hall–Kier alpha value is -0.660. The lowest BCUT2D eigenvalue weighted by molar-refractivity contribution is -0.141. The molecule has 3 fully saturated rings. The molecule has 1 aliphatic carbocycles. The summed E-state index contributed by atoms with van der Waals surface area (Å²) in [6.45, 7) is 6.60. The van der Waals surface area contributed by atoms with Crippen molar-refractivity contribution in [1.29, 1.82) is 0 Å². The van der Waals surface area contributed by atoms with Crippen LogP contribution >= 0.6 is 0 Å². The van der Waals surface area contributed by atoms with Crippen LogP contribution in [0.25, 0.3) is 0 Å². The largest absolute Gasteiger partial charge is 0.373 e. The van der Waals surface area contributed by atoms with Gasteiger partial charge in [0.05, 0.1) is 30.3 Å². The number of carbonyl (C=O) groups excluding carboxylic acids is 1. The standard InChI is InChI=1S/C17H30N2O4S/c1-17(2)13-18(8-9-23-17)11-16(20)19(14-5-3-4-6-14)15-7-10-24(21,22)12-15/h14-15H,3-13H2,1-2H3. The van der Waals surface area contributed by atoms with E-state index in [1.54, 1.807) is 0 Å². The highest BCUT2D eigenvalue weighted by atomic mass is 32.2. The van der Waals surface area contributed by atoms with Gasteiger partial charge in [0, 0.05) is 25.2 Å². The maximum atomic E-state index is 13.1. The Kier molecular flexibility index (Phi) is 5.23. The van der Waals surface area contributed by atoms with Crippen molar-refractivity contribution in [3.63, 3.8) is 0 Å². The number of ether oxygens (including phenoxy) is 1. The van der Waals surface area contributed by atoms with Crippen molar-refractivity contribution < 1.29 is 17.9 Å². The van der Waals surface area contributed by atoms with Gasteiger partial charge >= 0.3 is 0 Å². The number of sulfone groups is 1. The summed E-state index contributed by atoms with van der Waals surface area (Å²) in [4.78, 5) is 17.2. The Morgan fingerprint density at radius 3 is 2.50 bits per heavy atom. The van der Waals surface area contributed by atoms with Crippen molar-refractivity contribution in [3.8, 4) is 0 Å². The lowest BCUT2D eigenvalue weighted by Crippen LogP contribution is -2.54. The topological polar surface area (TPSA) is 66.9 Å². The molecule has 1 atom stereocenters. The monoisotopic (exact) mass is 358 g/mol. The van der Waals surface area contributed by atoms with E-state index in [0.29, 0.717) is 19.6 Å². The van der Waals surface area contributed by atoms with Gasteiger partial charge in [0.2, 0.25) is 5.91 Å². The first-order chi connectivity index (χ1) is 11.3. The van der Waals surface area contributed by atoms with E-state index in [-0.39, 0.29) is 35.1 Å². The van der Waals surface area contributed by atoms with E-state index in [0.717, 1.165) is 38.8 Å². The van der Waals surface area contributed by atoms with Gasteiger partial charge in [0.25, 0.3) is 0 Å². The molecule has 0 aromatic rings. The summed E-state index contributed by atoms with van der Waals surface area (Å²) in [5, 5.41) is 0. The average Bonchev–Trinajstić information content (AvgIpc) is 3.08. The van der Waals surface area contributed by atoms with Crippen LogP contribution in [0.5, 0.6) is 0 Å². The molecule has 0 aromatic carbocycles. The van der Waals surface area contributed by atoms with Crippen LogP contribution < -0.4 is 0 Å². The highest BCUT2D eigenvalue weighted by molar-refractivity contribution is 7.91. The normalized spacial score (nSPS) is 30.5. The zero-order valence-corrected chi connectivity index (χ0v) is 15.7. The van der Waals surface area contributed by atoms with Gasteiger partial charge < -0.3 is 9.64 Å². The molecule has 1 amide bonds. The molecule has 1 unspecified atom stereocenters. The Bertz CT molecular complexity index is 569. The van der Waals surface area contributed by atoms with Crippen LogP contribution in [0.2, 0.25) is 0 Å². The molecule has 24 heavy (non-hydrogen) atoms. The smallest absolute Gasteiger partial charge is 0.237 e. The molecule has 0 radical (unpaired) electrons. The third-order valence-electron chi connectivity index (χ3n) is 5.47. The van der Waals surface area contributed by atoms with Gasteiger partial charge in [-0.2, -0.15) is 0 Å². The third kappa shape index (κ3) is 4.29. The van der Waals surface area contributed by atoms with Crippen LogP contribution in [0, 0.1) is 0 Å². The van der Waals surface area contributed by atoms with E-state index >= 15 is 0 Å². The first-order valence-electron chi connectivity index (χ1n) is 9.14. The summed E-state index contributed by atoms with van der Waals surface area (Å²) in [7, 11) is -2.98. The second kappa shape index (κ2) is 6.92. The number of rotatable bonds is 4. The highest BCUT2D eigenvalue weighted by Gasteiger charge is 2.40. The summed E-state index contributed by atoms with van der Waals surface area (Å²) in [5.74, 6) is 0.462. The highest BCUT2D eigenvalue weighted by Crippen LogP contribution is 2.29. The Labute approximate surface area is 145 Å². The molecule has 1 saturated carbocycles. The van der Waals surface area contributed by atoms with Crippen LogP contribution in [0.4, 0.5) is 0 Å². The Morgan fingerprint density at radius 2 is 1.92 bits per heavy atom. The summed E-state index contributed by atoms with van der Waals surface area (Å²) in [6, 6.07) is 0.101. The second-order valence-electron chi connectivity index (χ2n) is 8.11. The van der Waals surface area contributed by atoms with Gasteiger partial charge in [-0.3, -0.25) is 9.69 Å². The molecule has 3 aliphatic rings. The predicted octanol–water partition coefficient (Wildman–Crippen LogP) is 1.06. The minimum atomic E-state index is -2.98. The molecule has 2 saturated heterocycles. The van der Waals surface area contributed by atoms with Gasteiger partial charge in [0.1, 0.15) is 0 Å². The summed E-state index contributed by atoms with van der Waals surface area (Å²) < 4.78 is 29.5. The summed E-state index contributed by atoms with van der Waals surface area (Å²) in [5.41, 5.74) is -0.229. The van der Waals surface area contributed by atoms with Gasteiger partial charge in [-0.25, -0.2) is 8.42 Å². The first kappa shape index (κ1) is 18.1. The fourth-order valence-electron chi connectivity index (χ4n) is 4.40. The van der Waals surface area contributed by atoms with Gasteiger partial charge in [-0.05, 0) is 33.1 Å². The minimum Gasteiger partial charge on any atom is -0.373 e. The van der Waals surface area contributed by atoms with Crippen molar-refractivity contribution in [2.45, 2.75) is 63.6 Å². The molecule has 0 N–H and O–H groups in total. The molecule has 6 nitrogen and oxygen atoms in total. The molecule has 7 heteroatoms. The van der Waals surface area contributed by atoms with E-state index < -0.39 is 9.84 Å². The van der Waals surface area contributed by atoms with E-state index in [1.807, 2.05) is 18.7 Å². The number of carbonyl (C=O) groups is 1. The van der Waals surface area contributed by atoms with Crippen molar-refractivity contribution in [3.05, 3.63) is 0 Å². The number of amides is 1. The molecule has 138 valence electrons.